The van der Waals surface area contributed by atoms with Gasteiger partial charge in [0.25, 0.3) is 0 Å². The highest BCUT2D eigenvalue weighted by Crippen LogP contribution is 2.31. The summed E-state index contributed by atoms with van der Waals surface area (Å²) in [4.78, 5) is 15.8. The van der Waals surface area contributed by atoms with Crippen LogP contribution in [-0.4, -0.2) is 30.3 Å². The first-order chi connectivity index (χ1) is 9.58. The number of aromatic nitrogens is 1. The van der Waals surface area contributed by atoms with Gasteiger partial charge in [-0.3, -0.25) is 0 Å². The summed E-state index contributed by atoms with van der Waals surface area (Å²) in [7, 11) is 2.68. The van der Waals surface area contributed by atoms with Crippen LogP contribution in [0.3, 0.4) is 0 Å². The molecule has 20 heavy (non-hydrogen) atoms. The summed E-state index contributed by atoms with van der Waals surface area (Å²) in [5.74, 6) is -0.422. The third-order valence-electron chi connectivity index (χ3n) is 2.98. The number of aliphatic hydroxyl groups is 1. The maximum atomic E-state index is 11.4. The molecule has 1 N–H and O–H groups in total. The summed E-state index contributed by atoms with van der Waals surface area (Å²) in [5, 5.41) is 11.1. The van der Waals surface area contributed by atoms with Crippen LogP contribution in [0, 0.1) is 0 Å². The minimum Gasteiger partial charge on any atom is -0.481 e. The zero-order valence-corrected chi connectivity index (χ0v) is 11.3. The predicted octanol–water partition coefficient (Wildman–Crippen LogP) is 2.01. The molecule has 1 atom stereocenters. The van der Waals surface area contributed by atoms with Gasteiger partial charge in [-0.1, -0.05) is 24.8 Å². The second-order valence-electron chi connectivity index (χ2n) is 4.20. The zero-order chi connectivity index (χ0) is 14.7. The van der Waals surface area contributed by atoms with E-state index in [4.69, 9.17) is 4.74 Å². The lowest BCUT2D eigenvalue weighted by atomic mass is 10.0. The van der Waals surface area contributed by atoms with Gasteiger partial charge in [-0.15, -0.1) is 0 Å². The fourth-order valence-electron chi connectivity index (χ4n) is 1.90. The summed E-state index contributed by atoms with van der Waals surface area (Å²) >= 11 is 0. The Hall–Kier alpha value is -2.40. The molecule has 0 saturated carbocycles. The van der Waals surface area contributed by atoms with Crippen molar-refractivity contribution in [3.8, 4) is 5.88 Å². The summed E-state index contributed by atoms with van der Waals surface area (Å²) in [6.45, 7) is 3.55. The first kappa shape index (κ1) is 14.0. The molecule has 0 radical (unpaired) electrons. The number of ether oxygens (including phenoxy) is 2. The van der Waals surface area contributed by atoms with Crippen LogP contribution in [0.5, 0.6) is 5.88 Å². The second kappa shape index (κ2) is 5.71. The number of carbonyl (C=O) groups excluding carboxylic acids is 1. The molecule has 1 aromatic carbocycles. The van der Waals surface area contributed by atoms with Gasteiger partial charge in [0.1, 0.15) is 6.10 Å². The lowest BCUT2D eigenvalue weighted by Crippen LogP contribution is -2.13. The highest BCUT2D eigenvalue weighted by Gasteiger charge is 2.23. The largest absolute Gasteiger partial charge is 0.481 e. The number of fused-ring (bicyclic) bond motifs is 1. The van der Waals surface area contributed by atoms with Gasteiger partial charge in [0, 0.05) is 10.9 Å². The summed E-state index contributed by atoms with van der Waals surface area (Å²) in [5.41, 5.74) is 1.05. The summed E-state index contributed by atoms with van der Waals surface area (Å²) < 4.78 is 9.73. The third kappa shape index (κ3) is 2.48. The van der Waals surface area contributed by atoms with E-state index in [1.165, 1.54) is 14.2 Å². The Morgan fingerprint density at radius 3 is 2.70 bits per heavy atom. The molecule has 1 aromatic heterocycles. The predicted molar refractivity (Wildman–Crippen MR) is 74.4 cm³/mol. The topological polar surface area (TPSA) is 68.7 Å². The van der Waals surface area contributed by atoms with Gasteiger partial charge in [0.05, 0.1) is 25.3 Å². The maximum Gasteiger partial charge on any atom is 0.336 e. The zero-order valence-electron chi connectivity index (χ0n) is 11.3. The Bertz CT molecular complexity index is 666. The van der Waals surface area contributed by atoms with Gasteiger partial charge in [0.2, 0.25) is 5.88 Å². The molecule has 0 spiro atoms. The first-order valence-electron chi connectivity index (χ1n) is 5.97. The number of hydrogen-bond donors (Lipinski definition) is 1. The molecule has 1 unspecified atom stereocenters. The number of aliphatic hydroxyl groups excluding tert-OH is 1. The van der Waals surface area contributed by atoms with E-state index in [0.717, 1.165) is 10.9 Å². The molecular weight excluding hydrogens is 258 g/mol. The molecule has 0 fully saturated rings. The van der Waals surface area contributed by atoms with Crippen LogP contribution in [0.2, 0.25) is 0 Å². The van der Waals surface area contributed by atoms with E-state index in [0.29, 0.717) is 5.56 Å². The van der Waals surface area contributed by atoms with E-state index in [9.17, 15) is 9.90 Å². The van der Waals surface area contributed by atoms with Gasteiger partial charge in [-0.25, -0.2) is 9.78 Å². The van der Waals surface area contributed by atoms with Crippen LogP contribution in [0.1, 0.15) is 11.7 Å². The molecule has 0 aliphatic carbocycles. The number of rotatable bonds is 4. The molecule has 0 bridgehead atoms. The fraction of sp³-hybridized carbons (Fsp3) is 0.200. The van der Waals surface area contributed by atoms with Gasteiger partial charge < -0.3 is 14.6 Å². The molecular formula is C15H15NO4. The van der Waals surface area contributed by atoms with E-state index in [-0.39, 0.29) is 11.5 Å². The van der Waals surface area contributed by atoms with E-state index in [2.05, 4.69) is 16.3 Å². The van der Waals surface area contributed by atoms with Crippen molar-refractivity contribution in [1.29, 1.82) is 0 Å². The Morgan fingerprint density at radius 2 is 2.05 bits per heavy atom. The molecule has 2 aromatic rings. The van der Waals surface area contributed by atoms with Crippen molar-refractivity contribution in [2.75, 3.05) is 14.2 Å². The number of para-hydroxylation sites is 1. The van der Waals surface area contributed by atoms with Crippen molar-refractivity contribution in [3.05, 3.63) is 48.0 Å². The molecule has 0 amide bonds. The fourth-order valence-corrected chi connectivity index (χ4v) is 1.90. The summed E-state index contributed by atoms with van der Waals surface area (Å²) in [6.07, 6.45) is -1.23. The van der Waals surface area contributed by atoms with Crippen molar-refractivity contribution in [1.82, 2.24) is 4.98 Å². The van der Waals surface area contributed by atoms with Gasteiger partial charge >= 0.3 is 5.97 Å². The molecule has 5 heteroatoms. The molecule has 2 rings (SSSR count). The van der Waals surface area contributed by atoms with Crippen LogP contribution in [0.4, 0.5) is 0 Å². The molecule has 0 aliphatic rings. The second-order valence-corrected chi connectivity index (χ2v) is 4.20. The van der Waals surface area contributed by atoms with Crippen molar-refractivity contribution >= 4 is 16.9 Å². The molecule has 0 saturated heterocycles. The quantitative estimate of drug-likeness (QED) is 0.681. The van der Waals surface area contributed by atoms with Crippen molar-refractivity contribution in [3.63, 3.8) is 0 Å². The first-order valence-corrected chi connectivity index (χ1v) is 5.97. The molecule has 0 aliphatic heterocycles. The number of hydrogen-bond acceptors (Lipinski definition) is 5. The lowest BCUT2D eigenvalue weighted by Gasteiger charge is -2.15. The standard InChI is InChI=1S/C15H15NO4/c1-9(15(18)20-3)13(17)11-8-10-6-4-5-7-12(10)16-14(11)19-2/h4-8,13,17H,1H2,2-3H3. The Balaban J connectivity index is 2.52. The van der Waals surface area contributed by atoms with Crippen LogP contribution in [0.25, 0.3) is 10.9 Å². The van der Waals surface area contributed by atoms with Crippen molar-refractivity contribution < 1.29 is 19.4 Å². The highest BCUT2D eigenvalue weighted by atomic mass is 16.5. The van der Waals surface area contributed by atoms with E-state index in [1.807, 2.05) is 24.3 Å². The number of carbonyl (C=O) groups is 1. The normalized spacial score (nSPS) is 11.9. The lowest BCUT2D eigenvalue weighted by molar-refractivity contribution is -0.137. The Kier molecular flexibility index (Phi) is 4.00. The monoisotopic (exact) mass is 273 g/mol. The number of pyridine rings is 1. The van der Waals surface area contributed by atoms with Crippen LogP contribution < -0.4 is 4.74 Å². The number of nitrogens with zero attached hydrogens (tertiary/aromatic N) is 1. The van der Waals surface area contributed by atoms with E-state index < -0.39 is 12.1 Å². The number of esters is 1. The number of methoxy groups -OCH3 is 2. The Morgan fingerprint density at radius 1 is 1.35 bits per heavy atom. The summed E-state index contributed by atoms with van der Waals surface area (Å²) in [6, 6.07) is 9.14. The van der Waals surface area contributed by atoms with Crippen LogP contribution in [0.15, 0.2) is 42.5 Å². The smallest absolute Gasteiger partial charge is 0.336 e. The van der Waals surface area contributed by atoms with Gasteiger partial charge in [-0.05, 0) is 12.1 Å². The third-order valence-corrected chi connectivity index (χ3v) is 2.98. The molecule has 104 valence electrons. The van der Waals surface area contributed by atoms with E-state index >= 15 is 0 Å². The number of benzene rings is 1. The Labute approximate surface area is 116 Å². The highest BCUT2D eigenvalue weighted by molar-refractivity contribution is 5.89. The average molecular weight is 273 g/mol. The van der Waals surface area contributed by atoms with Crippen molar-refractivity contribution in [2.45, 2.75) is 6.10 Å². The molecule has 1 heterocycles. The van der Waals surface area contributed by atoms with Crippen LogP contribution >= 0.6 is 0 Å². The minimum absolute atomic E-state index is 0.0668. The van der Waals surface area contributed by atoms with Crippen molar-refractivity contribution in [2.24, 2.45) is 0 Å². The van der Waals surface area contributed by atoms with Crippen LogP contribution in [-0.2, 0) is 9.53 Å². The van der Waals surface area contributed by atoms with E-state index in [1.54, 1.807) is 6.07 Å². The minimum atomic E-state index is -1.23. The average Bonchev–Trinajstić information content (AvgIpc) is 2.51. The van der Waals surface area contributed by atoms with Gasteiger partial charge in [-0.2, -0.15) is 0 Å². The molecule has 5 nitrogen and oxygen atoms in total. The van der Waals surface area contributed by atoms with Gasteiger partial charge in [0.15, 0.2) is 0 Å². The maximum absolute atomic E-state index is 11.4. The SMILES string of the molecule is C=C(C(=O)OC)C(O)c1cc2ccccc2nc1OC.